The minimum absolute atomic E-state index is 0.0339. The van der Waals surface area contributed by atoms with Crippen LogP contribution in [0.5, 0.6) is 0 Å². The molecule has 0 saturated carbocycles. The number of rotatable bonds is 7. The van der Waals surface area contributed by atoms with Crippen LogP contribution in [0.4, 0.5) is 5.69 Å². The van der Waals surface area contributed by atoms with Crippen LogP contribution < -0.4 is 10.6 Å². The number of carbonyl (C=O) groups is 2. The van der Waals surface area contributed by atoms with Crippen molar-refractivity contribution in [2.75, 3.05) is 17.2 Å². The van der Waals surface area contributed by atoms with Crippen LogP contribution in [0.15, 0.2) is 53.4 Å². The summed E-state index contributed by atoms with van der Waals surface area (Å²) in [6.45, 7) is 4.37. The molecule has 2 N–H and O–H groups in total. The summed E-state index contributed by atoms with van der Waals surface area (Å²) in [6, 6.07) is 15.6. The Labute approximate surface area is 147 Å². The van der Waals surface area contributed by atoms with E-state index in [1.807, 2.05) is 44.2 Å². The van der Waals surface area contributed by atoms with Crippen LogP contribution in [-0.2, 0) is 9.59 Å². The normalized spacial score (nSPS) is 10.4. The molecule has 0 bridgehead atoms. The quantitative estimate of drug-likeness (QED) is 0.785. The molecule has 0 radical (unpaired) electrons. The molecule has 2 aromatic rings. The number of amides is 2. The van der Waals surface area contributed by atoms with Crippen molar-refractivity contribution in [3.63, 3.8) is 0 Å². The predicted octanol–water partition coefficient (Wildman–Crippen LogP) is 3.30. The smallest absolute Gasteiger partial charge is 0.237 e. The first-order valence-corrected chi connectivity index (χ1v) is 8.79. The summed E-state index contributed by atoms with van der Waals surface area (Å²) in [4.78, 5) is 26.5. The monoisotopic (exact) mass is 342 g/mol. The second kappa shape index (κ2) is 8.55. The molecule has 0 aliphatic heterocycles. The Balaban J connectivity index is 2.09. The Morgan fingerprint density at radius 2 is 1.79 bits per heavy atom. The van der Waals surface area contributed by atoms with Crippen LogP contribution in [0.2, 0.25) is 0 Å². The molecule has 126 valence electrons. The highest BCUT2D eigenvalue weighted by Crippen LogP contribution is 2.25. The highest BCUT2D eigenvalue weighted by Gasteiger charge is 2.17. The summed E-state index contributed by atoms with van der Waals surface area (Å²) in [5.74, 6) is -0.128. The van der Waals surface area contributed by atoms with E-state index in [9.17, 15) is 9.59 Å². The maximum absolute atomic E-state index is 12.7. The molecule has 0 fully saturated rings. The van der Waals surface area contributed by atoms with Crippen molar-refractivity contribution in [2.45, 2.75) is 25.2 Å². The summed E-state index contributed by atoms with van der Waals surface area (Å²) in [5.41, 5.74) is 8.35. The zero-order valence-corrected chi connectivity index (χ0v) is 14.8. The Morgan fingerprint density at radius 3 is 2.46 bits per heavy atom. The van der Waals surface area contributed by atoms with Crippen LogP contribution in [0.25, 0.3) is 0 Å². The molecular formula is C19H22N2O2S. The van der Waals surface area contributed by atoms with Gasteiger partial charge in [0.15, 0.2) is 0 Å². The van der Waals surface area contributed by atoms with Gasteiger partial charge in [-0.15, -0.1) is 11.8 Å². The van der Waals surface area contributed by atoms with E-state index in [1.165, 1.54) is 17.3 Å². The largest absolute Gasteiger partial charge is 0.370 e. The summed E-state index contributed by atoms with van der Waals surface area (Å²) < 4.78 is 0. The Bertz CT molecular complexity index is 717. The average molecular weight is 342 g/mol. The molecule has 2 rings (SSSR count). The van der Waals surface area contributed by atoms with E-state index in [0.717, 1.165) is 16.1 Å². The van der Waals surface area contributed by atoms with E-state index in [1.54, 1.807) is 4.90 Å². The Kier molecular flexibility index (Phi) is 6.44. The van der Waals surface area contributed by atoms with Gasteiger partial charge in [0.1, 0.15) is 0 Å². The third kappa shape index (κ3) is 5.13. The molecule has 0 spiro atoms. The van der Waals surface area contributed by atoms with Gasteiger partial charge in [-0.3, -0.25) is 9.59 Å². The molecule has 2 aromatic carbocycles. The van der Waals surface area contributed by atoms with Gasteiger partial charge in [0.05, 0.1) is 5.75 Å². The minimum Gasteiger partial charge on any atom is -0.370 e. The molecule has 0 atom stereocenters. The molecule has 0 aliphatic rings. The van der Waals surface area contributed by atoms with Crippen molar-refractivity contribution in [3.8, 4) is 0 Å². The third-order valence-corrected chi connectivity index (χ3v) is 4.79. The lowest BCUT2D eigenvalue weighted by Crippen LogP contribution is -2.35. The first-order chi connectivity index (χ1) is 11.5. The maximum Gasteiger partial charge on any atom is 0.237 e. The van der Waals surface area contributed by atoms with E-state index in [-0.39, 0.29) is 12.3 Å². The fraction of sp³-hybridized carbons (Fsp3) is 0.263. The maximum atomic E-state index is 12.7. The van der Waals surface area contributed by atoms with Crippen molar-refractivity contribution in [3.05, 3.63) is 59.7 Å². The lowest BCUT2D eigenvalue weighted by atomic mass is 10.2. The van der Waals surface area contributed by atoms with Crippen molar-refractivity contribution in [2.24, 2.45) is 5.73 Å². The molecule has 0 saturated heterocycles. The molecule has 5 heteroatoms. The summed E-state index contributed by atoms with van der Waals surface area (Å²) >= 11 is 1.52. The molecule has 0 unspecified atom stereocenters. The lowest BCUT2D eigenvalue weighted by Gasteiger charge is -2.22. The number of hydrogen-bond donors (Lipinski definition) is 1. The fourth-order valence-corrected chi connectivity index (χ4v) is 3.31. The highest BCUT2D eigenvalue weighted by molar-refractivity contribution is 8.00. The van der Waals surface area contributed by atoms with Crippen molar-refractivity contribution in [1.29, 1.82) is 0 Å². The van der Waals surface area contributed by atoms with Crippen molar-refractivity contribution in [1.82, 2.24) is 0 Å². The number of hydrogen-bond acceptors (Lipinski definition) is 3. The molecule has 0 aromatic heterocycles. The number of nitrogens with two attached hydrogens (primary N) is 1. The van der Waals surface area contributed by atoms with Crippen molar-refractivity contribution < 1.29 is 9.59 Å². The summed E-state index contributed by atoms with van der Waals surface area (Å²) in [5, 5.41) is 0. The number of primary amides is 1. The third-order valence-electron chi connectivity index (χ3n) is 3.65. The van der Waals surface area contributed by atoms with E-state index < -0.39 is 5.91 Å². The number of nitrogens with zero attached hydrogens (tertiary/aromatic N) is 1. The molecular weight excluding hydrogens is 320 g/mol. The van der Waals surface area contributed by atoms with Gasteiger partial charge >= 0.3 is 0 Å². The summed E-state index contributed by atoms with van der Waals surface area (Å²) in [6.07, 6.45) is 0.148. The van der Waals surface area contributed by atoms with Crippen LogP contribution in [-0.4, -0.2) is 24.1 Å². The number of aryl methyl sites for hydroxylation is 2. The van der Waals surface area contributed by atoms with E-state index in [4.69, 9.17) is 5.73 Å². The van der Waals surface area contributed by atoms with Gasteiger partial charge in [0.25, 0.3) is 0 Å². The minimum atomic E-state index is -0.411. The van der Waals surface area contributed by atoms with Gasteiger partial charge in [-0.2, -0.15) is 0 Å². The first kappa shape index (κ1) is 18.1. The van der Waals surface area contributed by atoms with E-state index in [2.05, 4.69) is 18.2 Å². The zero-order valence-electron chi connectivity index (χ0n) is 14.0. The van der Waals surface area contributed by atoms with Gasteiger partial charge in [0, 0.05) is 23.5 Å². The SMILES string of the molecule is Cc1ccc(C)c(SCC(=O)N(CCC(N)=O)c2ccccc2)c1. The zero-order chi connectivity index (χ0) is 17.5. The highest BCUT2D eigenvalue weighted by atomic mass is 32.2. The van der Waals surface area contributed by atoms with Gasteiger partial charge in [0.2, 0.25) is 11.8 Å². The number of para-hydroxylation sites is 1. The first-order valence-electron chi connectivity index (χ1n) is 7.81. The van der Waals surface area contributed by atoms with Crippen LogP contribution in [0, 0.1) is 13.8 Å². The van der Waals surface area contributed by atoms with Gasteiger partial charge in [-0.1, -0.05) is 35.9 Å². The number of carbonyl (C=O) groups excluding carboxylic acids is 2. The molecule has 0 heterocycles. The molecule has 24 heavy (non-hydrogen) atoms. The van der Waals surface area contributed by atoms with Gasteiger partial charge in [-0.05, 0) is 37.6 Å². The predicted molar refractivity (Wildman–Crippen MR) is 99.2 cm³/mol. The van der Waals surface area contributed by atoms with Crippen LogP contribution >= 0.6 is 11.8 Å². The molecule has 0 aliphatic carbocycles. The Morgan fingerprint density at radius 1 is 1.08 bits per heavy atom. The van der Waals surface area contributed by atoms with E-state index in [0.29, 0.717) is 12.3 Å². The molecule has 2 amide bonds. The van der Waals surface area contributed by atoms with Gasteiger partial charge in [-0.25, -0.2) is 0 Å². The fourth-order valence-electron chi connectivity index (χ4n) is 2.31. The topological polar surface area (TPSA) is 63.4 Å². The number of anilines is 1. The van der Waals surface area contributed by atoms with E-state index >= 15 is 0 Å². The van der Waals surface area contributed by atoms with Gasteiger partial charge < -0.3 is 10.6 Å². The second-order valence-electron chi connectivity index (χ2n) is 5.65. The van der Waals surface area contributed by atoms with Crippen LogP contribution in [0.1, 0.15) is 17.5 Å². The van der Waals surface area contributed by atoms with Crippen molar-refractivity contribution >= 4 is 29.3 Å². The number of thioether (sulfide) groups is 1. The Hall–Kier alpha value is -2.27. The lowest BCUT2D eigenvalue weighted by molar-refractivity contribution is -0.118. The average Bonchev–Trinajstić information content (AvgIpc) is 2.56. The second-order valence-corrected chi connectivity index (χ2v) is 6.67. The summed E-state index contributed by atoms with van der Waals surface area (Å²) in [7, 11) is 0. The standard InChI is InChI=1S/C19H22N2O2S/c1-14-8-9-15(2)17(12-14)24-13-19(23)21(11-10-18(20)22)16-6-4-3-5-7-16/h3-9,12H,10-11,13H2,1-2H3,(H2,20,22). The number of benzene rings is 2. The van der Waals surface area contributed by atoms with Crippen LogP contribution in [0.3, 0.4) is 0 Å². The molecule has 4 nitrogen and oxygen atoms in total.